The molecule has 0 aliphatic heterocycles. The topological polar surface area (TPSA) is 62.1 Å². The summed E-state index contributed by atoms with van der Waals surface area (Å²) in [5.74, 6) is 0.673. The molecule has 1 aromatic heterocycles. The van der Waals surface area contributed by atoms with Crippen molar-refractivity contribution in [3.05, 3.63) is 45.8 Å². The zero-order chi connectivity index (χ0) is 15.5. The first-order valence-electron chi connectivity index (χ1n) is 7.18. The summed E-state index contributed by atoms with van der Waals surface area (Å²) < 4.78 is 5.10. The SMILES string of the molecule is COc1ccc(CC(=O)Nc2sc3c(c2C#N)CCC3)cc1. The van der Waals surface area contributed by atoms with Crippen LogP contribution in [0.5, 0.6) is 5.75 Å². The Morgan fingerprint density at radius 3 is 2.82 bits per heavy atom. The molecule has 2 aromatic rings. The van der Waals surface area contributed by atoms with E-state index >= 15 is 0 Å². The molecule has 112 valence electrons. The molecule has 1 aromatic carbocycles. The van der Waals surface area contributed by atoms with Crippen LogP contribution in [0, 0.1) is 11.3 Å². The molecule has 4 nitrogen and oxygen atoms in total. The van der Waals surface area contributed by atoms with Crippen LogP contribution in [0.4, 0.5) is 5.00 Å². The van der Waals surface area contributed by atoms with Gasteiger partial charge in [0.2, 0.25) is 5.91 Å². The lowest BCUT2D eigenvalue weighted by atomic mass is 10.1. The van der Waals surface area contributed by atoms with Crippen LogP contribution in [0.25, 0.3) is 0 Å². The molecule has 1 N–H and O–H groups in total. The third-order valence-corrected chi connectivity index (χ3v) is 5.02. The van der Waals surface area contributed by atoms with Crippen molar-refractivity contribution in [2.24, 2.45) is 0 Å². The molecule has 0 unspecified atom stereocenters. The first-order chi connectivity index (χ1) is 10.7. The number of anilines is 1. The summed E-state index contributed by atoms with van der Waals surface area (Å²) >= 11 is 1.54. The van der Waals surface area contributed by atoms with Gasteiger partial charge in [-0.25, -0.2) is 0 Å². The zero-order valence-electron chi connectivity index (χ0n) is 12.3. The predicted octanol–water partition coefficient (Wildman–Crippen LogP) is 3.30. The minimum absolute atomic E-state index is 0.0957. The van der Waals surface area contributed by atoms with Gasteiger partial charge in [0.25, 0.3) is 0 Å². The van der Waals surface area contributed by atoms with Gasteiger partial charge in [0.05, 0.1) is 19.1 Å². The van der Waals surface area contributed by atoms with Crippen molar-refractivity contribution in [3.8, 4) is 11.8 Å². The first-order valence-corrected chi connectivity index (χ1v) is 8.00. The second-order valence-electron chi connectivity index (χ2n) is 5.25. The Labute approximate surface area is 133 Å². The highest BCUT2D eigenvalue weighted by molar-refractivity contribution is 7.16. The maximum Gasteiger partial charge on any atom is 0.229 e. The highest BCUT2D eigenvalue weighted by atomic mass is 32.1. The minimum Gasteiger partial charge on any atom is -0.497 e. The molecule has 0 spiro atoms. The summed E-state index contributed by atoms with van der Waals surface area (Å²) in [5.41, 5.74) is 2.70. The number of benzene rings is 1. The maximum absolute atomic E-state index is 12.2. The number of thiophene rings is 1. The summed E-state index contributed by atoms with van der Waals surface area (Å²) in [6.07, 6.45) is 3.36. The molecule has 0 bridgehead atoms. The summed E-state index contributed by atoms with van der Waals surface area (Å²) in [6.45, 7) is 0. The van der Waals surface area contributed by atoms with E-state index in [9.17, 15) is 10.1 Å². The number of hydrogen-bond donors (Lipinski definition) is 1. The smallest absolute Gasteiger partial charge is 0.229 e. The van der Waals surface area contributed by atoms with Crippen molar-refractivity contribution < 1.29 is 9.53 Å². The van der Waals surface area contributed by atoms with Crippen LogP contribution in [0.3, 0.4) is 0 Å². The first kappa shape index (κ1) is 14.6. The molecule has 3 rings (SSSR count). The number of nitrogens with one attached hydrogen (secondary N) is 1. The monoisotopic (exact) mass is 312 g/mol. The number of methoxy groups -OCH3 is 1. The average Bonchev–Trinajstić information content (AvgIpc) is 3.08. The van der Waals surface area contributed by atoms with Gasteiger partial charge in [0.15, 0.2) is 0 Å². The number of amides is 1. The van der Waals surface area contributed by atoms with Gasteiger partial charge in [-0.1, -0.05) is 12.1 Å². The number of fused-ring (bicyclic) bond motifs is 1. The number of rotatable bonds is 4. The Balaban J connectivity index is 1.70. The zero-order valence-corrected chi connectivity index (χ0v) is 13.1. The Bertz CT molecular complexity index is 741. The Hall–Kier alpha value is -2.32. The minimum atomic E-state index is -0.0957. The summed E-state index contributed by atoms with van der Waals surface area (Å²) in [7, 11) is 1.61. The van der Waals surface area contributed by atoms with E-state index < -0.39 is 0 Å². The van der Waals surface area contributed by atoms with Crippen molar-refractivity contribution >= 4 is 22.2 Å². The number of carbonyl (C=O) groups excluding carboxylic acids is 1. The van der Waals surface area contributed by atoms with Gasteiger partial charge in [-0.2, -0.15) is 5.26 Å². The highest BCUT2D eigenvalue weighted by Crippen LogP contribution is 2.38. The van der Waals surface area contributed by atoms with E-state index in [0.717, 1.165) is 36.1 Å². The standard InChI is InChI=1S/C17H16N2O2S/c1-21-12-7-5-11(6-8-12)9-16(20)19-17-14(10-18)13-3-2-4-15(13)22-17/h5-8H,2-4,9H2,1H3,(H,19,20). The average molecular weight is 312 g/mol. The van der Waals surface area contributed by atoms with Crippen LogP contribution in [0.2, 0.25) is 0 Å². The fourth-order valence-electron chi connectivity index (χ4n) is 2.71. The molecule has 0 atom stereocenters. The lowest BCUT2D eigenvalue weighted by Crippen LogP contribution is -2.14. The summed E-state index contributed by atoms with van der Waals surface area (Å²) in [4.78, 5) is 13.4. The van der Waals surface area contributed by atoms with E-state index in [-0.39, 0.29) is 12.3 Å². The largest absolute Gasteiger partial charge is 0.497 e. The molecule has 0 fully saturated rings. The molecule has 0 saturated heterocycles. The number of hydrogen-bond acceptors (Lipinski definition) is 4. The number of ether oxygens (including phenoxy) is 1. The van der Waals surface area contributed by atoms with Crippen molar-refractivity contribution in [2.45, 2.75) is 25.7 Å². The van der Waals surface area contributed by atoms with Gasteiger partial charge in [0, 0.05) is 4.88 Å². The third-order valence-electron chi connectivity index (χ3n) is 3.81. The molecular formula is C17H16N2O2S. The number of nitrogens with zero attached hydrogens (tertiary/aromatic N) is 1. The predicted molar refractivity (Wildman–Crippen MR) is 86.4 cm³/mol. The van der Waals surface area contributed by atoms with Gasteiger partial charge in [-0.3, -0.25) is 4.79 Å². The van der Waals surface area contributed by atoms with Gasteiger partial charge in [-0.15, -0.1) is 11.3 Å². The van der Waals surface area contributed by atoms with Crippen LogP contribution < -0.4 is 10.1 Å². The van der Waals surface area contributed by atoms with Gasteiger partial charge >= 0.3 is 0 Å². The van der Waals surface area contributed by atoms with Crippen LogP contribution in [0.1, 0.15) is 28.0 Å². The molecule has 0 saturated carbocycles. The Kier molecular flexibility index (Phi) is 4.12. The third kappa shape index (κ3) is 2.83. The van der Waals surface area contributed by atoms with Gasteiger partial charge < -0.3 is 10.1 Å². The normalized spacial score (nSPS) is 12.5. The highest BCUT2D eigenvalue weighted by Gasteiger charge is 2.23. The van der Waals surface area contributed by atoms with E-state index in [0.29, 0.717) is 10.6 Å². The molecule has 5 heteroatoms. The second-order valence-corrected chi connectivity index (χ2v) is 6.35. The van der Waals surface area contributed by atoms with Crippen molar-refractivity contribution in [1.29, 1.82) is 5.26 Å². The number of nitriles is 1. The Morgan fingerprint density at radius 2 is 2.14 bits per heavy atom. The van der Waals surface area contributed by atoms with Gasteiger partial charge in [0.1, 0.15) is 16.8 Å². The van der Waals surface area contributed by atoms with Crippen molar-refractivity contribution in [1.82, 2.24) is 0 Å². The van der Waals surface area contributed by atoms with E-state index in [1.54, 1.807) is 18.4 Å². The summed E-state index contributed by atoms with van der Waals surface area (Å²) in [5, 5.41) is 12.9. The molecular weight excluding hydrogens is 296 g/mol. The number of aryl methyl sites for hydroxylation is 1. The Morgan fingerprint density at radius 1 is 1.36 bits per heavy atom. The maximum atomic E-state index is 12.2. The van der Waals surface area contributed by atoms with Crippen molar-refractivity contribution in [2.75, 3.05) is 12.4 Å². The fourth-order valence-corrected chi connectivity index (χ4v) is 3.97. The lowest BCUT2D eigenvalue weighted by Gasteiger charge is -2.05. The fraction of sp³-hybridized carbons (Fsp3) is 0.294. The number of carbonyl (C=O) groups is 1. The molecule has 1 aliphatic carbocycles. The summed E-state index contributed by atoms with van der Waals surface area (Å²) in [6, 6.07) is 9.66. The van der Waals surface area contributed by atoms with E-state index in [1.807, 2.05) is 24.3 Å². The lowest BCUT2D eigenvalue weighted by molar-refractivity contribution is -0.115. The van der Waals surface area contributed by atoms with Crippen LogP contribution in [-0.4, -0.2) is 13.0 Å². The van der Waals surface area contributed by atoms with Crippen molar-refractivity contribution in [3.63, 3.8) is 0 Å². The second kappa shape index (κ2) is 6.20. The molecule has 1 aliphatic rings. The molecule has 1 heterocycles. The van der Waals surface area contributed by atoms with Gasteiger partial charge in [-0.05, 0) is 42.5 Å². The van der Waals surface area contributed by atoms with E-state index in [4.69, 9.17) is 4.74 Å². The quantitative estimate of drug-likeness (QED) is 0.942. The molecule has 0 radical (unpaired) electrons. The van der Waals surface area contributed by atoms with Crippen LogP contribution >= 0.6 is 11.3 Å². The van der Waals surface area contributed by atoms with E-state index in [1.165, 1.54) is 4.88 Å². The van der Waals surface area contributed by atoms with E-state index in [2.05, 4.69) is 11.4 Å². The molecule has 22 heavy (non-hydrogen) atoms. The molecule has 1 amide bonds. The van der Waals surface area contributed by atoms with Crippen LogP contribution in [-0.2, 0) is 24.1 Å². The van der Waals surface area contributed by atoms with Crippen LogP contribution in [0.15, 0.2) is 24.3 Å².